The van der Waals surface area contributed by atoms with Gasteiger partial charge in [0.05, 0.1) is 0 Å². The van der Waals surface area contributed by atoms with Gasteiger partial charge in [0.15, 0.2) is 0 Å². The van der Waals surface area contributed by atoms with Crippen LogP contribution in [0.2, 0.25) is 0 Å². The van der Waals surface area contributed by atoms with E-state index < -0.39 is 0 Å². The number of amides is 3. The predicted molar refractivity (Wildman–Crippen MR) is 84.0 cm³/mol. The van der Waals surface area contributed by atoms with E-state index >= 15 is 0 Å². The molecule has 0 aliphatic heterocycles. The first-order valence-corrected chi connectivity index (χ1v) is 7.08. The summed E-state index contributed by atoms with van der Waals surface area (Å²) in [5.41, 5.74) is 7.44. The van der Waals surface area contributed by atoms with Crippen molar-refractivity contribution in [3.63, 3.8) is 0 Å². The highest BCUT2D eigenvalue weighted by Crippen LogP contribution is 2.14. The molecule has 1 aromatic carbocycles. The maximum Gasteiger partial charge on any atom is 0.322 e. The number of likely N-dealkylation sites (N-methyl/N-ethyl adjacent to an activating group) is 1. The molecule has 0 fully saturated rings. The molecule has 6 nitrogen and oxygen atoms in total. The number of nitrogens with one attached hydrogen (secondary N) is 2. The number of benzene rings is 1. The molecule has 0 aliphatic carbocycles. The average molecular weight is 292 g/mol. The molecule has 4 N–H and O–H groups in total. The van der Waals surface area contributed by atoms with E-state index in [-0.39, 0.29) is 24.5 Å². The van der Waals surface area contributed by atoms with Crippen molar-refractivity contribution >= 4 is 17.6 Å². The molecule has 1 aromatic rings. The second-order valence-corrected chi connectivity index (χ2v) is 5.05. The topological polar surface area (TPSA) is 87.5 Å². The third kappa shape index (κ3) is 5.83. The molecule has 1 rings (SSSR count). The monoisotopic (exact) mass is 292 g/mol. The lowest BCUT2D eigenvalue weighted by Crippen LogP contribution is -2.40. The number of nitrogens with zero attached hydrogens (tertiary/aromatic N) is 1. The molecular weight excluding hydrogens is 268 g/mol. The summed E-state index contributed by atoms with van der Waals surface area (Å²) < 4.78 is 0. The van der Waals surface area contributed by atoms with Gasteiger partial charge >= 0.3 is 6.03 Å². The Balaban J connectivity index is 2.50. The molecule has 6 heteroatoms. The fourth-order valence-electron chi connectivity index (χ4n) is 1.70. The largest absolute Gasteiger partial charge is 0.355 e. The SMILES string of the molecule is CCCNC(=O)CN(C)C(=O)Nc1ccc(C(C)N)cc1. The summed E-state index contributed by atoms with van der Waals surface area (Å²) >= 11 is 0. The van der Waals surface area contributed by atoms with Crippen LogP contribution in [0.25, 0.3) is 0 Å². The normalized spacial score (nSPS) is 11.6. The van der Waals surface area contributed by atoms with Crippen LogP contribution in [-0.2, 0) is 4.79 Å². The van der Waals surface area contributed by atoms with Gasteiger partial charge in [-0.05, 0) is 31.0 Å². The van der Waals surface area contributed by atoms with Crippen molar-refractivity contribution in [3.8, 4) is 0 Å². The van der Waals surface area contributed by atoms with E-state index in [1.54, 1.807) is 19.2 Å². The van der Waals surface area contributed by atoms with Gasteiger partial charge in [0.2, 0.25) is 5.91 Å². The molecule has 0 saturated carbocycles. The van der Waals surface area contributed by atoms with Crippen LogP contribution in [0.1, 0.15) is 31.9 Å². The molecule has 0 saturated heterocycles. The van der Waals surface area contributed by atoms with Crippen molar-refractivity contribution in [3.05, 3.63) is 29.8 Å². The van der Waals surface area contributed by atoms with Crippen molar-refractivity contribution in [2.75, 3.05) is 25.5 Å². The molecule has 0 aromatic heterocycles. The highest BCUT2D eigenvalue weighted by molar-refractivity contribution is 5.92. The number of anilines is 1. The van der Waals surface area contributed by atoms with Crippen LogP contribution in [0, 0.1) is 0 Å². The van der Waals surface area contributed by atoms with Crippen molar-refractivity contribution in [1.82, 2.24) is 10.2 Å². The van der Waals surface area contributed by atoms with Crippen LogP contribution in [0.4, 0.5) is 10.5 Å². The van der Waals surface area contributed by atoms with Gasteiger partial charge in [-0.25, -0.2) is 4.79 Å². The first kappa shape index (κ1) is 17.0. The molecule has 3 amide bonds. The first-order chi connectivity index (χ1) is 9.93. The standard InChI is InChI=1S/C15H24N4O2/c1-4-9-17-14(20)10-19(3)15(21)18-13-7-5-12(6-8-13)11(2)16/h5-8,11H,4,9-10,16H2,1-3H3,(H,17,20)(H,18,21). The zero-order chi connectivity index (χ0) is 15.8. The Labute approximate surface area is 125 Å². The van der Waals surface area contributed by atoms with Gasteiger partial charge in [-0.15, -0.1) is 0 Å². The van der Waals surface area contributed by atoms with Gasteiger partial charge in [0, 0.05) is 25.3 Å². The van der Waals surface area contributed by atoms with Gasteiger partial charge in [-0.1, -0.05) is 19.1 Å². The third-order valence-electron chi connectivity index (χ3n) is 2.99. The Morgan fingerprint density at radius 1 is 1.29 bits per heavy atom. The van der Waals surface area contributed by atoms with E-state index in [0.717, 1.165) is 12.0 Å². The maximum absolute atomic E-state index is 12.0. The number of urea groups is 1. The highest BCUT2D eigenvalue weighted by atomic mass is 16.2. The van der Waals surface area contributed by atoms with Crippen molar-refractivity contribution in [2.24, 2.45) is 5.73 Å². The second-order valence-electron chi connectivity index (χ2n) is 5.05. The number of nitrogens with two attached hydrogens (primary N) is 1. The lowest BCUT2D eigenvalue weighted by atomic mass is 10.1. The Morgan fingerprint density at radius 3 is 2.43 bits per heavy atom. The average Bonchev–Trinajstić information content (AvgIpc) is 2.45. The quantitative estimate of drug-likeness (QED) is 0.745. The van der Waals surface area contributed by atoms with Gasteiger partial charge in [0.25, 0.3) is 0 Å². The van der Waals surface area contributed by atoms with Crippen LogP contribution >= 0.6 is 0 Å². The predicted octanol–water partition coefficient (Wildman–Crippen LogP) is 1.70. The zero-order valence-electron chi connectivity index (χ0n) is 12.8. The van der Waals surface area contributed by atoms with Crippen molar-refractivity contribution in [1.29, 1.82) is 0 Å². The molecule has 0 heterocycles. The Kier molecular flexibility index (Phi) is 6.68. The van der Waals surface area contributed by atoms with Crippen LogP contribution in [0.5, 0.6) is 0 Å². The number of rotatable bonds is 6. The van der Waals surface area contributed by atoms with Gasteiger partial charge in [-0.2, -0.15) is 0 Å². The van der Waals surface area contributed by atoms with Crippen LogP contribution in [-0.4, -0.2) is 37.0 Å². The lowest BCUT2D eigenvalue weighted by Gasteiger charge is -2.17. The molecule has 0 spiro atoms. The zero-order valence-corrected chi connectivity index (χ0v) is 12.8. The molecule has 21 heavy (non-hydrogen) atoms. The first-order valence-electron chi connectivity index (χ1n) is 7.08. The molecular formula is C15H24N4O2. The van der Waals surface area contributed by atoms with E-state index in [2.05, 4.69) is 10.6 Å². The minimum atomic E-state index is -0.324. The third-order valence-corrected chi connectivity index (χ3v) is 2.99. The van der Waals surface area contributed by atoms with Crippen LogP contribution in [0.3, 0.4) is 0 Å². The summed E-state index contributed by atoms with van der Waals surface area (Å²) in [6.45, 7) is 4.52. The highest BCUT2D eigenvalue weighted by Gasteiger charge is 2.12. The fourth-order valence-corrected chi connectivity index (χ4v) is 1.70. The van der Waals surface area contributed by atoms with E-state index in [9.17, 15) is 9.59 Å². The van der Waals surface area contributed by atoms with Gasteiger partial charge in [0.1, 0.15) is 6.54 Å². The minimum Gasteiger partial charge on any atom is -0.355 e. The van der Waals surface area contributed by atoms with Gasteiger partial charge in [-0.3, -0.25) is 4.79 Å². The van der Waals surface area contributed by atoms with Crippen molar-refractivity contribution < 1.29 is 9.59 Å². The smallest absolute Gasteiger partial charge is 0.322 e. The number of hydrogen-bond acceptors (Lipinski definition) is 3. The summed E-state index contributed by atoms with van der Waals surface area (Å²) in [6.07, 6.45) is 0.869. The Bertz CT molecular complexity index is 471. The lowest BCUT2D eigenvalue weighted by molar-refractivity contribution is -0.121. The van der Waals surface area contributed by atoms with E-state index in [4.69, 9.17) is 5.73 Å². The van der Waals surface area contributed by atoms with Crippen LogP contribution < -0.4 is 16.4 Å². The molecule has 0 bridgehead atoms. The summed E-state index contributed by atoms with van der Waals surface area (Å²) in [5, 5.41) is 5.46. The fraction of sp³-hybridized carbons (Fsp3) is 0.467. The summed E-state index contributed by atoms with van der Waals surface area (Å²) in [5.74, 6) is -0.165. The van der Waals surface area contributed by atoms with E-state index in [1.807, 2.05) is 26.0 Å². The molecule has 0 aliphatic rings. The Hall–Kier alpha value is -2.08. The second kappa shape index (κ2) is 8.26. The maximum atomic E-state index is 12.0. The van der Waals surface area contributed by atoms with Crippen molar-refractivity contribution in [2.45, 2.75) is 26.3 Å². The molecule has 1 atom stereocenters. The minimum absolute atomic E-state index is 0.0315. The summed E-state index contributed by atoms with van der Waals surface area (Å²) in [4.78, 5) is 24.8. The molecule has 1 unspecified atom stereocenters. The molecule has 116 valence electrons. The van der Waals surface area contributed by atoms with E-state index in [1.165, 1.54) is 4.90 Å². The number of hydrogen-bond donors (Lipinski definition) is 3. The van der Waals surface area contributed by atoms with Crippen LogP contribution in [0.15, 0.2) is 24.3 Å². The Morgan fingerprint density at radius 2 is 1.90 bits per heavy atom. The number of carbonyl (C=O) groups excluding carboxylic acids is 2. The molecule has 0 radical (unpaired) electrons. The van der Waals surface area contributed by atoms with E-state index in [0.29, 0.717) is 12.2 Å². The number of carbonyl (C=O) groups is 2. The van der Waals surface area contributed by atoms with Gasteiger partial charge < -0.3 is 21.3 Å². The summed E-state index contributed by atoms with van der Waals surface area (Å²) in [6, 6.07) is 6.96. The summed E-state index contributed by atoms with van der Waals surface area (Å²) in [7, 11) is 1.58.